The van der Waals surface area contributed by atoms with Gasteiger partial charge in [0.25, 0.3) is 0 Å². The predicted octanol–water partition coefficient (Wildman–Crippen LogP) is 3.05. The van der Waals surface area contributed by atoms with Crippen LogP contribution in [0.5, 0.6) is 0 Å². The molecule has 1 heterocycles. The third kappa shape index (κ3) is 4.10. The van der Waals surface area contributed by atoms with Gasteiger partial charge in [0.05, 0.1) is 6.61 Å². The summed E-state index contributed by atoms with van der Waals surface area (Å²) in [6.45, 7) is 6.77. The molecule has 1 saturated heterocycles. The molecule has 1 fully saturated rings. The van der Waals surface area contributed by atoms with Crippen LogP contribution in [0.3, 0.4) is 0 Å². The number of carbonyl (C=O) groups excluding carboxylic acids is 1. The van der Waals surface area contributed by atoms with Crippen molar-refractivity contribution in [3.8, 4) is 0 Å². The van der Waals surface area contributed by atoms with E-state index >= 15 is 0 Å². The summed E-state index contributed by atoms with van der Waals surface area (Å²) in [7, 11) is 0. The number of nitrogens with zero attached hydrogens (tertiary/aromatic N) is 1. The van der Waals surface area contributed by atoms with Crippen molar-refractivity contribution < 1.29 is 9.53 Å². The van der Waals surface area contributed by atoms with E-state index in [2.05, 4.69) is 13.8 Å². The van der Waals surface area contributed by atoms with Crippen molar-refractivity contribution in [1.82, 2.24) is 4.90 Å². The molecule has 1 rings (SSSR count). The number of hydrogen-bond donors (Lipinski definition) is 0. The number of amides is 1. The second-order valence-electron chi connectivity index (χ2n) is 4.28. The molecular weight excluding hydrogens is 190 g/mol. The number of hydrogen-bond acceptors (Lipinski definition) is 2. The van der Waals surface area contributed by atoms with Crippen LogP contribution >= 0.6 is 0 Å². The highest BCUT2D eigenvalue weighted by Crippen LogP contribution is 2.15. The highest BCUT2D eigenvalue weighted by atomic mass is 16.6. The van der Waals surface area contributed by atoms with Crippen molar-refractivity contribution in [2.24, 2.45) is 5.92 Å². The minimum Gasteiger partial charge on any atom is -0.449 e. The quantitative estimate of drug-likeness (QED) is 0.702. The third-order valence-electron chi connectivity index (χ3n) is 3.27. The Morgan fingerprint density at radius 1 is 1.33 bits per heavy atom. The first-order valence-electron chi connectivity index (χ1n) is 6.19. The van der Waals surface area contributed by atoms with Gasteiger partial charge in [0.15, 0.2) is 0 Å². The van der Waals surface area contributed by atoms with Crippen LogP contribution < -0.4 is 0 Å². The molecule has 0 N–H and O–H groups in total. The third-order valence-corrected chi connectivity index (χ3v) is 3.27. The van der Waals surface area contributed by atoms with Crippen LogP contribution in [-0.2, 0) is 4.74 Å². The van der Waals surface area contributed by atoms with Gasteiger partial charge in [-0.05, 0) is 25.2 Å². The molecule has 1 aliphatic heterocycles. The lowest BCUT2D eigenvalue weighted by molar-refractivity contribution is 0.113. The molecule has 3 nitrogen and oxygen atoms in total. The Bertz CT molecular complexity index is 190. The summed E-state index contributed by atoms with van der Waals surface area (Å²) in [5, 5.41) is 0. The van der Waals surface area contributed by atoms with Crippen molar-refractivity contribution >= 4 is 6.09 Å². The van der Waals surface area contributed by atoms with Gasteiger partial charge in [-0.1, -0.05) is 26.7 Å². The zero-order valence-corrected chi connectivity index (χ0v) is 10.00. The molecular formula is C12H23NO2. The normalized spacial score (nSPS) is 17.8. The number of carbonyl (C=O) groups is 1. The van der Waals surface area contributed by atoms with Gasteiger partial charge < -0.3 is 9.64 Å². The summed E-state index contributed by atoms with van der Waals surface area (Å²) in [5.41, 5.74) is 0. The highest BCUT2D eigenvalue weighted by Gasteiger charge is 2.18. The molecule has 0 aliphatic carbocycles. The maximum Gasteiger partial charge on any atom is 0.409 e. The molecule has 0 aromatic rings. The highest BCUT2D eigenvalue weighted by molar-refractivity contribution is 5.67. The molecule has 0 aromatic heterocycles. The fourth-order valence-corrected chi connectivity index (χ4v) is 1.99. The van der Waals surface area contributed by atoms with Crippen LogP contribution in [0.25, 0.3) is 0 Å². The lowest BCUT2D eigenvalue weighted by Crippen LogP contribution is -2.32. The fraction of sp³-hybridized carbons (Fsp3) is 0.917. The number of ether oxygens (including phenoxy) is 1. The van der Waals surface area contributed by atoms with Gasteiger partial charge in [0.2, 0.25) is 0 Å². The van der Waals surface area contributed by atoms with Gasteiger partial charge in [-0.2, -0.15) is 0 Å². The molecule has 0 bridgehead atoms. The summed E-state index contributed by atoms with van der Waals surface area (Å²) in [5.74, 6) is 0.751. The Morgan fingerprint density at radius 2 is 2.07 bits per heavy atom. The topological polar surface area (TPSA) is 29.5 Å². The standard InChI is InChI=1S/C12H23NO2/c1-3-11(4-2)7-9-13-8-5-6-10-15-12(13)14/h11H,3-10H2,1-2H3. The molecule has 88 valence electrons. The summed E-state index contributed by atoms with van der Waals surface area (Å²) in [6.07, 6.45) is 5.50. The smallest absolute Gasteiger partial charge is 0.409 e. The first kappa shape index (κ1) is 12.3. The Labute approximate surface area is 92.8 Å². The molecule has 0 spiro atoms. The number of cyclic esters (lactones) is 1. The van der Waals surface area contributed by atoms with Crippen molar-refractivity contribution in [2.75, 3.05) is 19.7 Å². The molecule has 0 radical (unpaired) electrons. The minimum atomic E-state index is -0.113. The van der Waals surface area contributed by atoms with Crippen molar-refractivity contribution in [3.63, 3.8) is 0 Å². The van der Waals surface area contributed by atoms with Crippen molar-refractivity contribution in [1.29, 1.82) is 0 Å². The van der Waals surface area contributed by atoms with Crippen LogP contribution in [0.1, 0.15) is 46.0 Å². The Hall–Kier alpha value is -0.730. The second-order valence-corrected chi connectivity index (χ2v) is 4.28. The van der Waals surface area contributed by atoms with Gasteiger partial charge >= 0.3 is 6.09 Å². The van der Waals surface area contributed by atoms with Gasteiger partial charge in [-0.15, -0.1) is 0 Å². The molecule has 0 aromatic carbocycles. The van der Waals surface area contributed by atoms with E-state index in [0.717, 1.165) is 38.3 Å². The lowest BCUT2D eigenvalue weighted by atomic mass is 9.99. The van der Waals surface area contributed by atoms with E-state index in [1.165, 1.54) is 12.8 Å². The van der Waals surface area contributed by atoms with E-state index in [4.69, 9.17) is 4.74 Å². The van der Waals surface area contributed by atoms with Crippen LogP contribution in [-0.4, -0.2) is 30.7 Å². The van der Waals surface area contributed by atoms with Crippen molar-refractivity contribution in [2.45, 2.75) is 46.0 Å². The molecule has 0 saturated carbocycles. The van der Waals surface area contributed by atoms with Crippen LogP contribution in [0.4, 0.5) is 4.79 Å². The Balaban J connectivity index is 2.31. The molecule has 15 heavy (non-hydrogen) atoms. The SMILES string of the molecule is CCC(CC)CCN1CCCCOC1=O. The van der Waals surface area contributed by atoms with Crippen molar-refractivity contribution in [3.05, 3.63) is 0 Å². The summed E-state index contributed by atoms with van der Waals surface area (Å²) < 4.78 is 5.10. The molecule has 0 unspecified atom stereocenters. The molecule has 3 heteroatoms. The van der Waals surface area contributed by atoms with Gasteiger partial charge in [-0.3, -0.25) is 0 Å². The largest absolute Gasteiger partial charge is 0.449 e. The van der Waals surface area contributed by atoms with E-state index in [9.17, 15) is 4.79 Å². The average molecular weight is 213 g/mol. The van der Waals surface area contributed by atoms with Gasteiger partial charge in [0.1, 0.15) is 0 Å². The van der Waals surface area contributed by atoms with Crippen LogP contribution in [0.15, 0.2) is 0 Å². The first-order chi connectivity index (χ1) is 7.27. The van der Waals surface area contributed by atoms with E-state index in [1.54, 1.807) is 0 Å². The first-order valence-corrected chi connectivity index (χ1v) is 6.19. The average Bonchev–Trinajstić information content (AvgIpc) is 2.45. The lowest BCUT2D eigenvalue weighted by Gasteiger charge is -2.21. The Kier molecular flexibility index (Phi) is 5.51. The van der Waals surface area contributed by atoms with Crippen LogP contribution in [0, 0.1) is 5.92 Å². The molecule has 1 aliphatic rings. The number of rotatable bonds is 5. The van der Waals surface area contributed by atoms with Crippen LogP contribution in [0.2, 0.25) is 0 Å². The van der Waals surface area contributed by atoms with E-state index < -0.39 is 0 Å². The fourth-order valence-electron chi connectivity index (χ4n) is 1.99. The predicted molar refractivity (Wildman–Crippen MR) is 60.8 cm³/mol. The second kappa shape index (κ2) is 6.70. The zero-order valence-electron chi connectivity index (χ0n) is 10.00. The van der Waals surface area contributed by atoms with Gasteiger partial charge in [0, 0.05) is 13.1 Å². The van der Waals surface area contributed by atoms with Gasteiger partial charge in [-0.25, -0.2) is 4.79 Å². The monoisotopic (exact) mass is 213 g/mol. The minimum absolute atomic E-state index is 0.113. The summed E-state index contributed by atoms with van der Waals surface area (Å²) in [4.78, 5) is 13.4. The van der Waals surface area contributed by atoms with E-state index in [0.29, 0.717) is 6.61 Å². The molecule has 1 amide bonds. The summed E-state index contributed by atoms with van der Waals surface area (Å²) in [6, 6.07) is 0. The maximum absolute atomic E-state index is 11.5. The summed E-state index contributed by atoms with van der Waals surface area (Å²) >= 11 is 0. The van der Waals surface area contributed by atoms with E-state index in [-0.39, 0.29) is 6.09 Å². The Morgan fingerprint density at radius 3 is 2.73 bits per heavy atom. The zero-order chi connectivity index (χ0) is 11.1. The molecule has 0 atom stereocenters. The van der Waals surface area contributed by atoms with E-state index in [1.807, 2.05) is 4.90 Å². The maximum atomic E-state index is 11.5.